The summed E-state index contributed by atoms with van der Waals surface area (Å²) in [5, 5.41) is 14.0. The lowest BCUT2D eigenvalue weighted by Crippen LogP contribution is -2.39. The summed E-state index contributed by atoms with van der Waals surface area (Å²) in [5.74, 6) is 0.415. The van der Waals surface area contributed by atoms with Crippen LogP contribution in [-0.4, -0.2) is 17.7 Å². The van der Waals surface area contributed by atoms with Gasteiger partial charge in [0.1, 0.15) is 0 Å². The molecular weight excluding hydrogens is 222 g/mol. The molecule has 0 saturated carbocycles. The molecule has 0 saturated heterocycles. The van der Waals surface area contributed by atoms with Crippen LogP contribution in [0.5, 0.6) is 0 Å². The van der Waals surface area contributed by atoms with E-state index in [1.54, 1.807) is 0 Å². The van der Waals surface area contributed by atoms with Crippen molar-refractivity contribution < 1.29 is 5.11 Å². The number of hydrogen-bond acceptors (Lipinski definition) is 2. The van der Waals surface area contributed by atoms with Crippen molar-refractivity contribution in [2.45, 2.75) is 52.7 Å². The number of benzene rings is 1. The first kappa shape index (κ1) is 15.2. The van der Waals surface area contributed by atoms with E-state index in [4.69, 9.17) is 0 Å². The lowest BCUT2D eigenvalue weighted by atomic mass is 9.93. The van der Waals surface area contributed by atoms with Gasteiger partial charge < -0.3 is 10.4 Å². The Balaban J connectivity index is 2.69. The van der Waals surface area contributed by atoms with E-state index in [0.29, 0.717) is 5.92 Å². The average Bonchev–Trinajstić information content (AvgIpc) is 2.34. The number of nitrogens with one attached hydrogen (secondary N) is 1. The van der Waals surface area contributed by atoms with Gasteiger partial charge in [-0.25, -0.2) is 0 Å². The minimum absolute atomic E-state index is 0.124. The highest BCUT2D eigenvalue weighted by molar-refractivity contribution is 5.24. The topological polar surface area (TPSA) is 32.3 Å². The first-order valence-electron chi connectivity index (χ1n) is 7.04. The number of unbranched alkanes of at least 4 members (excludes halogenated alkanes) is 1. The highest BCUT2D eigenvalue weighted by atomic mass is 16.3. The lowest BCUT2D eigenvalue weighted by Gasteiger charge is -2.28. The summed E-state index contributed by atoms with van der Waals surface area (Å²) < 4.78 is 0. The molecule has 0 fully saturated rings. The second-order valence-electron chi connectivity index (χ2n) is 5.43. The zero-order chi connectivity index (χ0) is 13.5. The Morgan fingerprint density at radius 2 is 1.78 bits per heavy atom. The predicted octanol–water partition coefficient (Wildman–Crippen LogP) is 3.44. The third-order valence-electron chi connectivity index (χ3n) is 3.39. The van der Waals surface area contributed by atoms with Gasteiger partial charge in [-0.2, -0.15) is 0 Å². The van der Waals surface area contributed by atoms with E-state index in [9.17, 15) is 5.11 Å². The molecule has 2 heteroatoms. The molecule has 2 atom stereocenters. The lowest BCUT2D eigenvalue weighted by molar-refractivity contribution is 0.105. The molecule has 1 rings (SSSR count). The third kappa shape index (κ3) is 4.43. The molecule has 2 nitrogen and oxygen atoms in total. The van der Waals surface area contributed by atoms with Gasteiger partial charge in [-0.3, -0.25) is 0 Å². The molecule has 102 valence electrons. The fourth-order valence-corrected chi connectivity index (χ4v) is 2.13. The zero-order valence-electron chi connectivity index (χ0n) is 12.1. The molecule has 0 aliphatic rings. The number of hydrogen-bond donors (Lipinski definition) is 2. The van der Waals surface area contributed by atoms with Crippen molar-refractivity contribution in [2.24, 2.45) is 5.92 Å². The molecule has 1 aromatic rings. The van der Waals surface area contributed by atoms with Crippen LogP contribution >= 0.6 is 0 Å². The van der Waals surface area contributed by atoms with Crippen LogP contribution in [-0.2, 0) is 0 Å². The molecule has 0 aliphatic heterocycles. The summed E-state index contributed by atoms with van der Waals surface area (Å²) in [6.45, 7) is 9.53. The molecule has 0 aromatic heterocycles. The summed E-state index contributed by atoms with van der Waals surface area (Å²) in [4.78, 5) is 0. The zero-order valence-corrected chi connectivity index (χ0v) is 12.1. The predicted molar refractivity (Wildman–Crippen MR) is 77.7 cm³/mol. The smallest absolute Gasteiger partial charge is 0.0945 e. The molecule has 2 unspecified atom stereocenters. The Labute approximate surface area is 111 Å². The summed E-state index contributed by atoms with van der Waals surface area (Å²) in [6.07, 6.45) is 1.91. The number of aliphatic hydroxyl groups excluding tert-OH is 1. The minimum Gasteiger partial charge on any atom is -0.387 e. The SMILES string of the molecule is CCCCNC(C(C)C)C(O)c1ccc(C)cc1. The molecule has 2 N–H and O–H groups in total. The van der Waals surface area contributed by atoms with Crippen molar-refractivity contribution in [3.05, 3.63) is 35.4 Å². The first-order valence-corrected chi connectivity index (χ1v) is 7.04. The van der Waals surface area contributed by atoms with Gasteiger partial charge in [-0.1, -0.05) is 57.0 Å². The van der Waals surface area contributed by atoms with Gasteiger partial charge in [-0.05, 0) is 31.4 Å². The van der Waals surface area contributed by atoms with Crippen LogP contribution in [0.4, 0.5) is 0 Å². The Bertz CT molecular complexity index is 331. The van der Waals surface area contributed by atoms with Crippen molar-refractivity contribution >= 4 is 0 Å². The van der Waals surface area contributed by atoms with E-state index in [1.807, 2.05) is 12.1 Å². The van der Waals surface area contributed by atoms with Gasteiger partial charge in [0.25, 0.3) is 0 Å². The monoisotopic (exact) mass is 249 g/mol. The van der Waals surface area contributed by atoms with Gasteiger partial charge in [-0.15, -0.1) is 0 Å². The molecule has 0 bridgehead atoms. The quantitative estimate of drug-likeness (QED) is 0.726. The largest absolute Gasteiger partial charge is 0.387 e. The van der Waals surface area contributed by atoms with Gasteiger partial charge in [0.05, 0.1) is 6.10 Å². The van der Waals surface area contributed by atoms with Gasteiger partial charge >= 0.3 is 0 Å². The Morgan fingerprint density at radius 1 is 1.17 bits per heavy atom. The van der Waals surface area contributed by atoms with Crippen LogP contribution in [0.15, 0.2) is 24.3 Å². The van der Waals surface area contributed by atoms with Crippen LogP contribution in [0.1, 0.15) is 50.8 Å². The van der Waals surface area contributed by atoms with Crippen LogP contribution in [0.3, 0.4) is 0 Å². The Kier molecular flexibility index (Phi) is 6.37. The second kappa shape index (κ2) is 7.55. The molecule has 0 spiro atoms. The summed E-state index contributed by atoms with van der Waals surface area (Å²) in [6, 6.07) is 8.29. The Hall–Kier alpha value is -0.860. The molecule has 0 heterocycles. The second-order valence-corrected chi connectivity index (χ2v) is 5.43. The van der Waals surface area contributed by atoms with E-state index >= 15 is 0 Å². The van der Waals surface area contributed by atoms with E-state index in [2.05, 4.69) is 45.1 Å². The van der Waals surface area contributed by atoms with Crippen LogP contribution in [0.2, 0.25) is 0 Å². The molecule has 18 heavy (non-hydrogen) atoms. The van der Waals surface area contributed by atoms with Crippen LogP contribution in [0.25, 0.3) is 0 Å². The molecule has 1 aromatic carbocycles. The van der Waals surface area contributed by atoms with E-state index < -0.39 is 6.10 Å². The van der Waals surface area contributed by atoms with E-state index in [1.165, 1.54) is 12.0 Å². The molecule has 0 radical (unpaired) electrons. The van der Waals surface area contributed by atoms with Crippen LogP contribution < -0.4 is 5.32 Å². The fraction of sp³-hybridized carbons (Fsp3) is 0.625. The van der Waals surface area contributed by atoms with E-state index in [-0.39, 0.29) is 6.04 Å². The maximum atomic E-state index is 10.5. The minimum atomic E-state index is -0.428. The summed E-state index contributed by atoms with van der Waals surface area (Å²) in [5.41, 5.74) is 2.23. The normalized spacial score (nSPS) is 14.8. The van der Waals surface area contributed by atoms with Gasteiger partial charge in [0.2, 0.25) is 0 Å². The average molecular weight is 249 g/mol. The van der Waals surface area contributed by atoms with Crippen molar-refractivity contribution in [1.82, 2.24) is 5.32 Å². The molecular formula is C16H27NO. The maximum Gasteiger partial charge on any atom is 0.0945 e. The number of rotatable bonds is 7. The first-order chi connectivity index (χ1) is 8.56. The van der Waals surface area contributed by atoms with Crippen molar-refractivity contribution in [2.75, 3.05) is 6.54 Å². The standard InChI is InChI=1S/C16H27NO/c1-5-6-11-17-15(12(2)3)16(18)14-9-7-13(4)8-10-14/h7-10,12,15-18H,5-6,11H2,1-4H3. The van der Waals surface area contributed by atoms with Gasteiger partial charge in [0, 0.05) is 6.04 Å². The summed E-state index contributed by atoms with van der Waals surface area (Å²) in [7, 11) is 0. The van der Waals surface area contributed by atoms with Crippen LogP contribution in [0, 0.1) is 12.8 Å². The Morgan fingerprint density at radius 3 is 2.28 bits per heavy atom. The van der Waals surface area contributed by atoms with Crippen molar-refractivity contribution in [1.29, 1.82) is 0 Å². The third-order valence-corrected chi connectivity index (χ3v) is 3.39. The number of aliphatic hydroxyl groups is 1. The highest BCUT2D eigenvalue weighted by Crippen LogP contribution is 2.22. The van der Waals surface area contributed by atoms with Gasteiger partial charge in [0.15, 0.2) is 0 Å². The van der Waals surface area contributed by atoms with Crippen molar-refractivity contribution in [3.8, 4) is 0 Å². The molecule has 0 aliphatic carbocycles. The van der Waals surface area contributed by atoms with E-state index in [0.717, 1.165) is 18.5 Å². The van der Waals surface area contributed by atoms with Crippen molar-refractivity contribution in [3.63, 3.8) is 0 Å². The summed E-state index contributed by atoms with van der Waals surface area (Å²) >= 11 is 0. The maximum absolute atomic E-state index is 10.5. The number of aryl methyl sites for hydroxylation is 1. The highest BCUT2D eigenvalue weighted by Gasteiger charge is 2.23. The fourth-order valence-electron chi connectivity index (χ4n) is 2.13. The molecule has 0 amide bonds.